The number of rotatable bonds is 2. The second-order valence-corrected chi connectivity index (χ2v) is 5.46. The number of carbonyl (C=O) groups is 1. The van der Waals surface area contributed by atoms with E-state index >= 15 is 0 Å². The van der Waals surface area contributed by atoms with Gasteiger partial charge in [-0.05, 0) is 48.0 Å². The van der Waals surface area contributed by atoms with Crippen LogP contribution in [0.1, 0.15) is 24.3 Å². The molecule has 1 heterocycles. The Morgan fingerprint density at radius 2 is 2.17 bits per heavy atom. The molecule has 0 unspecified atom stereocenters. The van der Waals surface area contributed by atoms with Gasteiger partial charge in [-0.2, -0.15) is 11.8 Å². The molecule has 0 bridgehead atoms. The molecule has 1 N–H and O–H groups in total. The summed E-state index contributed by atoms with van der Waals surface area (Å²) < 4.78 is 18.5. The average Bonchev–Trinajstić information content (AvgIpc) is 2.40. The summed E-state index contributed by atoms with van der Waals surface area (Å²) in [6.45, 7) is 0. The molecular formula is C13H16FNO2S. The molecular weight excluding hydrogens is 253 g/mol. The lowest BCUT2D eigenvalue weighted by molar-refractivity contribution is 0.187. The maximum Gasteiger partial charge on any atom is 0.411 e. The van der Waals surface area contributed by atoms with Gasteiger partial charge >= 0.3 is 6.09 Å². The van der Waals surface area contributed by atoms with E-state index in [1.807, 2.05) is 11.8 Å². The maximum atomic E-state index is 14.0. The third-order valence-electron chi connectivity index (χ3n) is 3.09. The fourth-order valence-corrected chi connectivity index (χ4v) is 3.22. The number of methoxy groups -OCH3 is 1. The lowest BCUT2D eigenvalue weighted by Crippen LogP contribution is -2.13. The van der Waals surface area contributed by atoms with Gasteiger partial charge in [-0.15, -0.1) is 0 Å². The lowest BCUT2D eigenvalue weighted by Gasteiger charge is -2.22. The van der Waals surface area contributed by atoms with Crippen molar-refractivity contribution in [1.29, 1.82) is 0 Å². The van der Waals surface area contributed by atoms with Gasteiger partial charge in [0.15, 0.2) is 0 Å². The van der Waals surface area contributed by atoms with Gasteiger partial charge in [0.25, 0.3) is 0 Å². The summed E-state index contributed by atoms with van der Waals surface area (Å²) in [6, 6.07) is 4.84. The Bertz CT molecular complexity index is 433. The number of carbonyl (C=O) groups excluding carboxylic acids is 1. The Morgan fingerprint density at radius 3 is 2.78 bits per heavy atom. The normalized spacial score (nSPS) is 16.3. The van der Waals surface area contributed by atoms with Crippen LogP contribution in [0.4, 0.5) is 14.9 Å². The van der Waals surface area contributed by atoms with Crippen molar-refractivity contribution in [2.45, 2.75) is 18.8 Å². The van der Waals surface area contributed by atoms with Crippen molar-refractivity contribution < 1.29 is 13.9 Å². The molecule has 1 fully saturated rings. The number of thioether (sulfide) groups is 1. The van der Waals surface area contributed by atoms with Gasteiger partial charge in [0.05, 0.1) is 7.11 Å². The molecule has 0 spiro atoms. The van der Waals surface area contributed by atoms with Gasteiger partial charge in [-0.25, -0.2) is 9.18 Å². The molecule has 1 amide bonds. The predicted molar refractivity (Wildman–Crippen MR) is 71.7 cm³/mol. The standard InChI is InChI=1S/C13H16FNO2S/c1-17-13(16)15-10-2-3-11(12(14)8-10)9-4-6-18-7-5-9/h2-3,8-9H,4-7H2,1H3,(H,15,16). The van der Waals surface area contributed by atoms with Crippen LogP contribution in [-0.2, 0) is 4.74 Å². The lowest BCUT2D eigenvalue weighted by atomic mass is 9.93. The van der Waals surface area contributed by atoms with E-state index in [2.05, 4.69) is 10.1 Å². The second kappa shape index (κ2) is 6.09. The zero-order chi connectivity index (χ0) is 13.0. The Balaban J connectivity index is 2.11. The second-order valence-electron chi connectivity index (χ2n) is 4.24. The van der Waals surface area contributed by atoms with E-state index in [1.165, 1.54) is 13.2 Å². The molecule has 1 aromatic carbocycles. The van der Waals surface area contributed by atoms with Crippen molar-refractivity contribution in [1.82, 2.24) is 0 Å². The van der Waals surface area contributed by atoms with Gasteiger partial charge in [0.2, 0.25) is 0 Å². The van der Waals surface area contributed by atoms with Crippen LogP contribution < -0.4 is 5.32 Å². The van der Waals surface area contributed by atoms with E-state index in [0.29, 0.717) is 11.6 Å². The molecule has 18 heavy (non-hydrogen) atoms. The zero-order valence-corrected chi connectivity index (χ0v) is 11.1. The molecule has 1 saturated heterocycles. The van der Waals surface area contributed by atoms with Crippen molar-refractivity contribution in [3.8, 4) is 0 Å². The van der Waals surface area contributed by atoms with Gasteiger partial charge in [-0.1, -0.05) is 6.07 Å². The molecule has 1 aliphatic heterocycles. The molecule has 1 aliphatic rings. The fourth-order valence-electron chi connectivity index (χ4n) is 2.11. The number of anilines is 1. The van der Waals surface area contributed by atoms with E-state index in [1.54, 1.807) is 12.1 Å². The zero-order valence-electron chi connectivity index (χ0n) is 10.2. The third-order valence-corrected chi connectivity index (χ3v) is 4.14. The van der Waals surface area contributed by atoms with Crippen LogP contribution in [0, 0.1) is 5.82 Å². The first-order valence-corrected chi connectivity index (χ1v) is 7.08. The minimum absolute atomic E-state index is 0.249. The minimum Gasteiger partial charge on any atom is -0.453 e. The monoisotopic (exact) mass is 269 g/mol. The number of hydrogen-bond donors (Lipinski definition) is 1. The van der Waals surface area contributed by atoms with Crippen molar-refractivity contribution in [2.24, 2.45) is 0 Å². The Labute approximate surface area is 110 Å². The third kappa shape index (κ3) is 3.16. The quantitative estimate of drug-likeness (QED) is 0.891. The molecule has 5 heteroatoms. The average molecular weight is 269 g/mol. The van der Waals surface area contributed by atoms with Gasteiger partial charge in [0, 0.05) is 5.69 Å². The van der Waals surface area contributed by atoms with Crippen LogP contribution in [0.3, 0.4) is 0 Å². The first-order chi connectivity index (χ1) is 8.70. The number of amides is 1. The van der Waals surface area contributed by atoms with Crippen molar-refractivity contribution in [2.75, 3.05) is 23.9 Å². The summed E-state index contributed by atoms with van der Waals surface area (Å²) in [6.07, 6.45) is 1.45. The smallest absolute Gasteiger partial charge is 0.411 e. The molecule has 3 nitrogen and oxygen atoms in total. The molecule has 0 saturated carbocycles. The highest BCUT2D eigenvalue weighted by molar-refractivity contribution is 7.99. The van der Waals surface area contributed by atoms with E-state index < -0.39 is 6.09 Å². The van der Waals surface area contributed by atoms with Crippen LogP contribution in [-0.4, -0.2) is 24.7 Å². The molecule has 0 aromatic heterocycles. The van der Waals surface area contributed by atoms with Crippen molar-refractivity contribution in [3.05, 3.63) is 29.6 Å². The Hall–Kier alpha value is -1.23. The Kier molecular flexibility index (Phi) is 4.47. The number of benzene rings is 1. The summed E-state index contributed by atoms with van der Waals surface area (Å²) in [5, 5.41) is 2.46. The summed E-state index contributed by atoms with van der Waals surface area (Å²) >= 11 is 1.92. The molecule has 0 atom stereocenters. The highest BCUT2D eigenvalue weighted by atomic mass is 32.2. The van der Waals surface area contributed by atoms with Gasteiger partial charge < -0.3 is 4.74 Å². The highest BCUT2D eigenvalue weighted by Gasteiger charge is 2.19. The first kappa shape index (κ1) is 13.2. The Morgan fingerprint density at radius 1 is 1.44 bits per heavy atom. The summed E-state index contributed by atoms with van der Waals surface area (Å²) in [4.78, 5) is 11.0. The van der Waals surface area contributed by atoms with Crippen molar-refractivity contribution in [3.63, 3.8) is 0 Å². The van der Waals surface area contributed by atoms with E-state index in [4.69, 9.17) is 0 Å². The number of nitrogens with one attached hydrogen (secondary N) is 1. The van der Waals surface area contributed by atoms with Crippen LogP contribution >= 0.6 is 11.8 Å². The topological polar surface area (TPSA) is 38.3 Å². The minimum atomic E-state index is -0.587. The summed E-state index contributed by atoms with van der Waals surface area (Å²) in [5.41, 5.74) is 1.18. The number of halogens is 1. The van der Waals surface area contributed by atoms with E-state index in [9.17, 15) is 9.18 Å². The molecule has 0 radical (unpaired) electrons. The van der Waals surface area contributed by atoms with Crippen LogP contribution in [0.25, 0.3) is 0 Å². The molecule has 98 valence electrons. The molecule has 0 aliphatic carbocycles. The summed E-state index contributed by atoms with van der Waals surface area (Å²) in [7, 11) is 1.28. The van der Waals surface area contributed by atoms with Crippen LogP contribution in [0.2, 0.25) is 0 Å². The summed E-state index contributed by atoms with van der Waals surface area (Å²) in [5.74, 6) is 2.23. The highest BCUT2D eigenvalue weighted by Crippen LogP contribution is 2.33. The van der Waals surface area contributed by atoms with Crippen LogP contribution in [0.15, 0.2) is 18.2 Å². The first-order valence-electron chi connectivity index (χ1n) is 5.93. The number of ether oxygens (including phenoxy) is 1. The maximum absolute atomic E-state index is 14.0. The van der Waals surface area contributed by atoms with Crippen LogP contribution in [0.5, 0.6) is 0 Å². The molecule has 1 aromatic rings. The van der Waals surface area contributed by atoms with Gasteiger partial charge in [0.1, 0.15) is 5.82 Å². The molecule has 2 rings (SSSR count). The van der Waals surface area contributed by atoms with E-state index in [-0.39, 0.29) is 5.82 Å². The van der Waals surface area contributed by atoms with Crippen molar-refractivity contribution >= 4 is 23.5 Å². The van der Waals surface area contributed by atoms with E-state index in [0.717, 1.165) is 29.9 Å². The SMILES string of the molecule is COC(=O)Nc1ccc(C2CCSCC2)c(F)c1. The number of hydrogen-bond acceptors (Lipinski definition) is 3. The predicted octanol–water partition coefficient (Wildman–Crippen LogP) is 3.61. The van der Waals surface area contributed by atoms with Gasteiger partial charge in [-0.3, -0.25) is 5.32 Å². The fraction of sp³-hybridized carbons (Fsp3) is 0.462. The largest absolute Gasteiger partial charge is 0.453 e.